The van der Waals surface area contributed by atoms with Crippen LogP contribution in [-0.4, -0.2) is 19.7 Å². The van der Waals surface area contributed by atoms with Gasteiger partial charge in [-0.05, 0) is 23.9 Å². The standard InChI is InChI=1S/C9H7BrN4O3S/c1-13-8(15)11-12-9(13)18-7-3-2-5(10)4-6(7)14(16)17/h2-4H,1H3,(H,11,15). The first-order valence-corrected chi connectivity index (χ1v) is 6.33. The van der Waals surface area contributed by atoms with Crippen molar-refractivity contribution in [3.8, 4) is 0 Å². The van der Waals surface area contributed by atoms with Crippen molar-refractivity contribution in [3.05, 3.63) is 43.3 Å². The first kappa shape index (κ1) is 12.8. The minimum absolute atomic E-state index is 0.0372. The number of nitrogens with zero attached hydrogens (tertiary/aromatic N) is 3. The summed E-state index contributed by atoms with van der Waals surface area (Å²) < 4.78 is 1.91. The van der Waals surface area contributed by atoms with Crippen LogP contribution < -0.4 is 5.69 Å². The molecule has 0 aliphatic heterocycles. The largest absolute Gasteiger partial charge is 0.343 e. The second-order valence-corrected chi connectivity index (χ2v) is 5.27. The van der Waals surface area contributed by atoms with Crippen LogP contribution in [0.5, 0.6) is 0 Å². The van der Waals surface area contributed by atoms with Crippen LogP contribution in [-0.2, 0) is 7.05 Å². The van der Waals surface area contributed by atoms with Crippen molar-refractivity contribution in [2.75, 3.05) is 0 Å². The summed E-state index contributed by atoms with van der Waals surface area (Å²) in [6.45, 7) is 0. The summed E-state index contributed by atoms with van der Waals surface area (Å²) in [6, 6.07) is 4.71. The Morgan fingerprint density at radius 2 is 2.28 bits per heavy atom. The highest BCUT2D eigenvalue weighted by Crippen LogP contribution is 2.34. The molecular weight excluding hydrogens is 324 g/mol. The molecule has 0 bridgehead atoms. The maximum absolute atomic E-state index is 11.2. The minimum atomic E-state index is -0.474. The lowest BCUT2D eigenvalue weighted by atomic mass is 10.3. The van der Waals surface area contributed by atoms with Gasteiger partial charge < -0.3 is 0 Å². The summed E-state index contributed by atoms with van der Waals surface area (Å²) in [6.07, 6.45) is 0. The normalized spacial score (nSPS) is 10.6. The molecule has 1 aromatic heterocycles. The van der Waals surface area contributed by atoms with Gasteiger partial charge in [0.05, 0.1) is 9.82 Å². The van der Waals surface area contributed by atoms with Crippen LogP contribution in [0.15, 0.2) is 37.5 Å². The number of rotatable bonds is 3. The van der Waals surface area contributed by atoms with E-state index in [2.05, 4.69) is 26.1 Å². The predicted octanol–water partition coefficient (Wildman–Crippen LogP) is 1.93. The molecule has 94 valence electrons. The maximum atomic E-state index is 11.2. The molecule has 0 saturated heterocycles. The summed E-state index contributed by atoms with van der Waals surface area (Å²) >= 11 is 4.23. The van der Waals surface area contributed by atoms with Gasteiger partial charge in [0.15, 0.2) is 5.16 Å². The Bertz CT molecular complexity index is 666. The number of halogens is 1. The number of hydrogen-bond acceptors (Lipinski definition) is 5. The Labute approximate surface area is 113 Å². The van der Waals surface area contributed by atoms with Gasteiger partial charge in [-0.2, -0.15) is 0 Å². The predicted molar refractivity (Wildman–Crippen MR) is 68.7 cm³/mol. The number of nitrogens with one attached hydrogen (secondary N) is 1. The summed E-state index contributed by atoms with van der Waals surface area (Å²) in [5.74, 6) is 0. The van der Waals surface area contributed by atoms with Crippen molar-refractivity contribution in [2.24, 2.45) is 7.05 Å². The highest BCUT2D eigenvalue weighted by molar-refractivity contribution is 9.10. The molecule has 0 atom stereocenters. The average Bonchev–Trinajstić information content (AvgIpc) is 2.63. The average molecular weight is 331 g/mol. The van der Waals surface area contributed by atoms with Gasteiger partial charge in [0.1, 0.15) is 0 Å². The Morgan fingerprint density at radius 1 is 1.56 bits per heavy atom. The Hall–Kier alpha value is -1.61. The van der Waals surface area contributed by atoms with Gasteiger partial charge >= 0.3 is 5.69 Å². The fourth-order valence-electron chi connectivity index (χ4n) is 1.24. The summed E-state index contributed by atoms with van der Waals surface area (Å²) in [4.78, 5) is 22.1. The van der Waals surface area contributed by atoms with Crippen LogP contribution in [0.4, 0.5) is 5.69 Å². The van der Waals surface area contributed by atoms with Crippen molar-refractivity contribution >= 4 is 33.4 Å². The maximum Gasteiger partial charge on any atom is 0.343 e. The number of nitro benzene ring substituents is 1. The zero-order valence-electron chi connectivity index (χ0n) is 9.08. The number of hydrogen-bond donors (Lipinski definition) is 1. The lowest BCUT2D eigenvalue weighted by molar-refractivity contribution is -0.387. The Kier molecular flexibility index (Phi) is 3.53. The fraction of sp³-hybridized carbons (Fsp3) is 0.111. The van der Waals surface area contributed by atoms with Gasteiger partial charge in [-0.1, -0.05) is 15.9 Å². The van der Waals surface area contributed by atoms with Gasteiger partial charge in [0.25, 0.3) is 5.69 Å². The van der Waals surface area contributed by atoms with Crippen LogP contribution in [0.1, 0.15) is 0 Å². The molecule has 0 fully saturated rings. The van der Waals surface area contributed by atoms with Crippen LogP contribution in [0, 0.1) is 10.1 Å². The van der Waals surface area contributed by atoms with Crippen molar-refractivity contribution in [1.29, 1.82) is 0 Å². The zero-order chi connectivity index (χ0) is 13.3. The third-order valence-corrected chi connectivity index (χ3v) is 3.76. The Balaban J connectivity index is 2.43. The van der Waals surface area contributed by atoms with Crippen LogP contribution in [0.2, 0.25) is 0 Å². The molecule has 1 heterocycles. The second kappa shape index (κ2) is 4.94. The van der Waals surface area contributed by atoms with Crippen molar-refractivity contribution < 1.29 is 4.92 Å². The van der Waals surface area contributed by atoms with Crippen molar-refractivity contribution in [3.63, 3.8) is 0 Å². The van der Waals surface area contributed by atoms with Crippen LogP contribution in [0.3, 0.4) is 0 Å². The Morgan fingerprint density at radius 3 is 2.83 bits per heavy atom. The molecule has 0 radical (unpaired) electrons. The van der Waals surface area contributed by atoms with Gasteiger partial charge in [0.2, 0.25) is 0 Å². The highest BCUT2D eigenvalue weighted by atomic mass is 79.9. The molecule has 0 aliphatic rings. The molecule has 18 heavy (non-hydrogen) atoms. The van der Waals surface area contributed by atoms with E-state index >= 15 is 0 Å². The van der Waals surface area contributed by atoms with E-state index in [1.807, 2.05) is 0 Å². The van der Waals surface area contributed by atoms with Gasteiger partial charge in [-0.25, -0.2) is 9.89 Å². The van der Waals surface area contributed by atoms with Gasteiger partial charge in [-0.15, -0.1) is 5.10 Å². The molecule has 0 unspecified atom stereocenters. The first-order valence-electron chi connectivity index (χ1n) is 4.72. The number of aromatic amines is 1. The van der Waals surface area contributed by atoms with E-state index < -0.39 is 4.92 Å². The number of benzene rings is 1. The molecule has 0 spiro atoms. The van der Waals surface area contributed by atoms with E-state index in [0.717, 1.165) is 11.8 Å². The molecule has 0 amide bonds. The molecule has 7 nitrogen and oxygen atoms in total. The van der Waals surface area contributed by atoms with Gasteiger partial charge in [-0.3, -0.25) is 14.7 Å². The summed E-state index contributed by atoms with van der Waals surface area (Å²) in [5, 5.41) is 17.4. The molecule has 0 aliphatic carbocycles. The molecule has 1 aromatic carbocycles. The monoisotopic (exact) mass is 330 g/mol. The molecule has 2 rings (SSSR count). The zero-order valence-corrected chi connectivity index (χ0v) is 11.5. The van der Waals surface area contributed by atoms with Crippen LogP contribution >= 0.6 is 27.7 Å². The molecule has 1 N–H and O–H groups in total. The lowest BCUT2D eigenvalue weighted by Crippen LogP contribution is -2.12. The highest BCUT2D eigenvalue weighted by Gasteiger charge is 2.17. The summed E-state index contributed by atoms with van der Waals surface area (Å²) in [5.41, 5.74) is -0.401. The van der Waals surface area contributed by atoms with Gasteiger partial charge in [0, 0.05) is 17.6 Å². The van der Waals surface area contributed by atoms with E-state index in [1.165, 1.54) is 10.6 Å². The smallest absolute Gasteiger partial charge is 0.273 e. The molecular formula is C9H7BrN4O3S. The molecule has 9 heteroatoms. The molecule has 2 aromatic rings. The van der Waals surface area contributed by atoms with Crippen LogP contribution in [0.25, 0.3) is 0 Å². The molecule has 0 saturated carbocycles. The van der Waals surface area contributed by atoms with Crippen molar-refractivity contribution in [1.82, 2.24) is 14.8 Å². The number of H-pyrrole nitrogens is 1. The lowest BCUT2D eigenvalue weighted by Gasteiger charge is -2.02. The SMILES string of the molecule is Cn1c(Sc2ccc(Br)cc2[N+](=O)[O-])n[nH]c1=O. The first-order chi connectivity index (χ1) is 8.49. The number of nitro groups is 1. The van der Waals surface area contributed by atoms with E-state index in [4.69, 9.17) is 0 Å². The van der Waals surface area contributed by atoms with E-state index in [9.17, 15) is 14.9 Å². The third-order valence-electron chi connectivity index (χ3n) is 2.16. The van der Waals surface area contributed by atoms with E-state index in [1.54, 1.807) is 19.2 Å². The van der Waals surface area contributed by atoms with Crippen molar-refractivity contribution in [2.45, 2.75) is 10.1 Å². The second-order valence-electron chi connectivity index (χ2n) is 3.34. The minimum Gasteiger partial charge on any atom is -0.273 e. The number of aromatic nitrogens is 3. The van der Waals surface area contributed by atoms with E-state index in [0.29, 0.717) is 14.5 Å². The quantitative estimate of drug-likeness (QED) is 0.685. The van der Waals surface area contributed by atoms with E-state index in [-0.39, 0.29) is 11.4 Å². The fourth-order valence-corrected chi connectivity index (χ4v) is 2.47. The third kappa shape index (κ3) is 2.46. The summed E-state index contributed by atoms with van der Waals surface area (Å²) in [7, 11) is 1.54. The topological polar surface area (TPSA) is 93.8 Å².